The van der Waals surface area contributed by atoms with Gasteiger partial charge in [-0.1, -0.05) is 50.9 Å². The summed E-state index contributed by atoms with van der Waals surface area (Å²) in [7, 11) is 0. The molecule has 0 saturated heterocycles. The van der Waals surface area contributed by atoms with E-state index >= 15 is 0 Å². The van der Waals surface area contributed by atoms with Crippen LogP contribution < -0.4 is 0 Å². The first-order chi connectivity index (χ1) is 8.43. The molecule has 1 aromatic rings. The van der Waals surface area contributed by atoms with Gasteiger partial charge in [0.25, 0.3) is 0 Å². The standard InChI is InChI=1S/C16H23ClO/c1-11(2)15-9-4-12(3)10-16(15,18)13-5-7-14(17)8-6-13/h5-8,11-12,15,18H,4,9-10H2,1-3H3. The molecule has 1 fully saturated rings. The van der Waals surface area contributed by atoms with E-state index < -0.39 is 5.60 Å². The van der Waals surface area contributed by atoms with E-state index in [0.29, 0.717) is 17.8 Å². The Hall–Kier alpha value is -0.530. The van der Waals surface area contributed by atoms with E-state index in [1.54, 1.807) is 0 Å². The topological polar surface area (TPSA) is 20.2 Å². The molecule has 1 aromatic carbocycles. The maximum Gasteiger partial charge on any atom is 0.0929 e. The molecule has 2 heteroatoms. The first-order valence-electron chi connectivity index (χ1n) is 6.92. The minimum absolute atomic E-state index is 0.342. The summed E-state index contributed by atoms with van der Waals surface area (Å²) >= 11 is 5.94. The predicted molar refractivity (Wildman–Crippen MR) is 76.7 cm³/mol. The van der Waals surface area contributed by atoms with Crippen LogP contribution in [0.25, 0.3) is 0 Å². The molecule has 1 nitrogen and oxygen atoms in total. The van der Waals surface area contributed by atoms with E-state index in [9.17, 15) is 5.11 Å². The Kier molecular flexibility index (Phi) is 4.03. The van der Waals surface area contributed by atoms with Crippen LogP contribution in [0, 0.1) is 17.8 Å². The molecular formula is C16H23ClO. The molecule has 3 unspecified atom stereocenters. The first-order valence-corrected chi connectivity index (χ1v) is 7.29. The Morgan fingerprint density at radius 1 is 1.22 bits per heavy atom. The van der Waals surface area contributed by atoms with Crippen LogP contribution >= 0.6 is 11.6 Å². The molecule has 0 aliphatic heterocycles. The normalized spacial score (nSPS) is 32.8. The molecule has 3 atom stereocenters. The number of halogens is 1. The zero-order valence-electron chi connectivity index (χ0n) is 11.5. The fraction of sp³-hybridized carbons (Fsp3) is 0.625. The molecular weight excluding hydrogens is 244 g/mol. The zero-order chi connectivity index (χ0) is 13.3. The van der Waals surface area contributed by atoms with Crippen molar-refractivity contribution in [3.63, 3.8) is 0 Å². The quantitative estimate of drug-likeness (QED) is 0.828. The molecule has 18 heavy (non-hydrogen) atoms. The molecule has 100 valence electrons. The van der Waals surface area contributed by atoms with Crippen LogP contribution in [0.4, 0.5) is 0 Å². The molecule has 0 heterocycles. The Balaban J connectivity index is 2.37. The van der Waals surface area contributed by atoms with E-state index in [2.05, 4.69) is 20.8 Å². The molecule has 0 amide bonds. The lowest BCUT2D eigenvalue weighted by atomic mass is 9.64. The molecule has 0 aromatic heterocycles. The molecule has 0 bridgehead atoms. The summed E-state index contributed by atoms with van der Waals surface area (Å²) in [5.41, 5.74) is 0.341. The number of rotatable bonds is 2. The zero-order valence-corrected chi connectivity index (χ0v) is 12.2. The van der Waals surface area contributed by atoms with Crippen LogP contribution in [-0.4, -0.2) is 5.11 Å². The largest absolute Gasteiger partial charge is 0.385 e. The number of hydrogen-bond acceptors (Lipinski definition) is 1. The maximum atomic E-state index is 11.2. The first kappa shape index (κ1) is 13.9. The minimum Gasteiger partial charge on any atom is -0.385 e. The second-order valence-electron chi connectivity index (χ2n) is 6.17. The molecule has 1 saturated carbocycles. The molecule has 2 rings (SSSR count). The summed E-state index contributed by atoms with van der Waals surface area (Å²) < 4.78 is 0. The van der Waals surface area contributed by atoms with Crippen LogP contribution in [-0.2, 0) is 5.60 Å². The van der Waals surface area contributed by atoms with Gasteiger partial charge in [-0.25, -0.2) is 0 Å². The summed E-state index contributed by atoms with van der Waals surface area (Å²) in [6, 6.07) is 7.72. The Morgan fingerprint density at radius 2 is 1.83 bits per heavy atom. The highest BCUT2D eigenvalue weighted by molar-refractivity contribution is 6.30. The van der Waals surface area contributed by atoms with Crippen molar-refractivity contribution in [2.75, 3.05) is 0 Å². The van der Waals surface area contributed by atoms with Crippen molar-refractivity contribution >= 4 is 11.6 Å². The van der Waals surface area contributed by atoms with Crippen LogP contribution in [0.2, 0.25) is 5.02 Å². The Labute approximate surface area is 115 Å². The van der Waals surface area contributed by atoms with Gasteiger partial charge in [0.05, 0.1) is 5.60 Å². The van der Waals surface area contributed by atoms with E-state index in [1.807, 2.05) is 24.3 Å². The van der Waals surface area contributed by atoms with Crippen molar-refractivity contribution in [3.05, 3.63) is 34.9 Å². The molecule has 1 aliphatic rings. The molecule has 1 N–H and O–H groups in total. The summed E-state index contributed by atoms with van der Waals surface area (Å²) in [6.45, 7) is 6.65. The highest BCUT2D eigenvalue weighted by Gasteiger charge is 2.43. The van der Waals surface area contributed by atoms with E-state index in [4.69, 9.17) is 11.6 Å². The van der Waals surface area contributed by atoms with E-state index in [-0.39, 0.29) is 0 Å². The second-order valence-corrected chi connectivity index (χ2v) is 6.60. The van der Waals surface area contributed by atoms with Crippen molar-refractivity contribution < 1.29 is 5.11 Å². The Bertz CT molecular complexity index is 398. The van der Waals surface area contributed by atoms with E-state index in [1.165, 1.54) is 6.42 Å². The van der Waals surface area contributed by atoms with Gasteiger partial charge in [-0.05, 0) is 48.3 Å². The smallest absolute Gasteiger partial charge is 0.0929 e. The number of hydrogen-bond donors (Lipinski definition) is 1. The van der Waals surface area contributed by atoms with Crippen molar-refractivity contribution in [2.45, 2.75) is 45.6 Å². The van der Waals surface area contributed by atoms with Crippen molar-refractivity contribution in [3.8, 4) is 0 Å². The lowest BCUT2D eigenvalue weighted by molar-refractivity contribution is -0.0865. The number of aliphatic hydroxyl groups is 1. The number of benzene rings is 1. The van der Waals surface area contributed by atoms with Gasteiger partial charge in [-0.3, -0.25) is 0 Å². The van der Waals surface area contributed by atoms with Crippen LogP contribution in [0.1, 0.15) is 45.6 Å². The van der Waals surface area contributed by atoms with Gasteiger partial charge in [0.2, 0.25) is 0 Å². The maximum absolute atomic E-state index is 11.2. The third-order valence-electron chi connectivity index (χ3n) is 4.39. The fourth-order valence-corrected chi connectivity index (χ4v) is 3.57. The van der Waals surface area contributed by atoms with E-state index in [0.717, 1.165) is 23.4 Å². The minimum atomic E-state index is -0.684. The highest BCUT2D eigenvalue weighted by atomic mass is 35.5. The molecule has 0 spiro atoms. The van der Waals surface area contributed by atoms with Gasteiger partial charge in [-0.15, -0.1) is 0 Å². The summed E-state index contributed by atoms with van der Waals surface area (Å²) in [5.74, 6) is 1.42. The SMILES string of the molecule is CC1CCC(C(C)C)C(O)(c2ccc(Cl)cc2)C1. The van der Waals surface area contributed by atoms with Crippen LogP contribution in [0.3, 0.4) is 0 Å². The van der Waals surface area contributed by atoms with Crippen molar-refractivity contribution in [1.29, 1.82) is 0 Å². The fourth-order valence-electron chi connectivity index (χ4n) is 3.44. The summed E-state index contributed by atoms with van der Waals surface area (Å²) in [5, 5.41) is 11.9. The third kappa shape index (κ3) is 2.57. The van der Waals surface area contributed by atoms with Gasteiger partial charge >= 0.3 is 0 Å². The summed E-state index contributed by atoms with van der Waals surface area (Å²) in [4.78, 5) is 0. The summed E-state index contributed by atoms with van der Waals surface area (Å²) in [6.07, 6.45) is 3.19. The monoisotopic (exact) mass is 266 g/mol. The van der Waals surface area contributed by atoms with Gasteiger partial charge < -0.3 is 5.11 Å². The van der Waals surface area contributed by atoms with Gasteiger partial charge in [0.1, 0.15) is 0 Å². The highest BCUT2D eigenvalue weighted by Crippen LogP contribution is 2.47. The second kappa shape index (κ2) is 5.22. The average molecular weight is 267 g/mol. The molecule has 0 radical (unpaired) electrons. The predicted octanol–water partition coefficient (Wildman–Crippen LogP) is 4.62. The average Bonchev–Trinajstić information content (AvgIpc) is 2.28. The lowest BCUT2D eigenvalue weighted by Gasteiger charge is -2.45. The van der Waals surface area contributed by atoms with Crippen molar-refractivity contribution in [1.82, 2.24) is 0 Å². The molecule has 1 aliphatic carbocycles. The van der Waals surface area contributed by atoms with Gasteiger partial charge in [0, 0.05) is 5.02 Å². The van der Waals surface area contributed by atoms with Gasteiger partial charge in [-0.2, -0.15) is 0 Å². The lowest BCUT2D eigenvalue weighted by Crippen LogP contribution is -2.43. The van der Waals surface area contributed by atoms with Crippen LogP contribution in [0.5, 0.6) is 0 Å². The van der Waals surface area contributed by atoms with Crippen molar-refractivity contribution in [2.24, 2.45) is 17.8 Å². The van der Waals surface area contributed by atoms with Gasteiger partial charge in [0.15, 0.2) is 0 Å². The Morgan fingerprint density at radius 3 is 2.39 bits per heavy atom. The third-order valence-corrected chi connectivity index (χ3v) is 4.64. The van der Waals surface area contributed by atoms with Crippen LogP contribution in [0.15, 0.2) is 24.3 Å².